The van der Waals surface area contributed by atoms with E-state index in [-0.39, 0.29) is 24.1 Å². The molecule has 4 heterocycles. The summed E-state index contributed by atoms with van der Waals surface area (Å²) in [6.45, 7) is 8.85. The third-order valence-electron chi connectivity index (χ3n) is 5.25. The van der Waals surface area contributed by atoms with Gasteiger partial charge in [-0.2, -0.15) is 5.10 Å². The van der Waals surface area contributed by atoms with Crippen LogP contribution in [-0.2, 0) is 12.1 Å². The number of rotatable bonds is 5. The second-order valence-corrected chi connectivity index (χ2v) is 8.77. The largest absolute Gasteiger partial charge is 0.483 e. The van der Waals surface area contributed by atoms with E-state index in [1.165, 1.54) is 0 Å². The number of nitrogens with zero attached hydrogens (tertiary/aromatic N) is 7. The van der Waals surface area contributed by atoms with Gasteiger partial charge < -0.3 is 25.6 Å². The molecule has 0 unspecified atom stereocenters. The van der Waals surface area contributed by atoms with Crippen LogP contribution in [0.25, 0.3) is 0 Å². The summed E-state index contributed by atoms with van der Waals surface area (Å²) in [6, 6.07) is 5.32. The lowest BCUT2D eigenvalue weighted by molar-refractivity contribution is 0.207. The molecule has 0 atom stereocenters. The SMILES string of the molecule is CC(C)(C)n1cc(NC(=O)N2CCN(c3ncccc3OCc3ccnc(N)n3)CC2)cn1. The molecule has 0 radical (unpaired) electrons. The number of nitrogen functional groups attached to an aromatic ring is 1. The van der Waals surface area contributed by atoms with Crippen molar-refractivity contribution in [3.8, 4) is 5.75 Å². The monoisotopic (exact) mass is 451 g/mol. The number of nitrogens with two attached hydrogens (primary N) is 1. The minimum absolute atomic E-state index is 0.137. The molecule has 1 saturated heterocycles. The van der Waals surface area contributed by atoms with Crippen molar-refractivity contribution in [3.05, 3.63) is 48.7 Å². The van der Waals surface area contributed by atoms with Crippen molar-refractivity contribution in [2.45, 2.75) is 32.9 Å². The fourth-order valence-electron chi connectivity index (χ4n) is 3.46. The summed E-state index contributed by atoms with van der Waals surface area (Å²) in [5, 5.41) is 7.27. The predicted octanol–water partition coefficient (Wildman–Crippen LogP) is 2.34. The molecule has 3 aromatic rings. The molecule has 0 aromatic carbocycles. The topological polar surface area (TPSA) is 127 Å². The molecule has 1 aliphatic heterocycles. The Morgan fingerprint density at radius 2 is 1.94 bits per heavy atom. The summed E-state index contributed by atoms with van der Waals surface area (Å²) in [5.41, 5.74) is 6.87. The zero-order valence-electron chi connectivity index (χ0n) is 19.1. The average molecular weight is 452 g/mol. The van der Waals surface area contributed by atoms with Gasteiger partial charge in [-0.1, -0.05) is 0 Å². The Kier molecular flexibility index (Phi) is 6.29. The number of hydrogen-bond acceptors (Lipinski definition) is 8. The Bertz CT molecular complexity index is 1100. The van der Waals surface area contributed by atoms with Crippen molar-refractivity contribution < 1.29 is 9.53 Å². The lowest BCUT2D eigenvalue weighted by atomic mass is 10.1. The highest BCUT2D eigenvalue weighted by Crippen LogP contribution is 2.27. The van der Waals surface area contributed by atoms with Gasteiger partial charge in [0.1, 0.15) is 6.61 Å². The fourth-order valence-corrected chi connectivity index (χ4v) is 3.46. The Morgan fingerprint density at radius 1 is 1.15 bits per heavy atom. The number of ether oxygens (including phenoxy) is 1. The van der Waals surface area contributed by atoms with Crippen LogP contribution < -0.4 is 20.7 Å². The highest BCUT2D eigenvalue weighted by atomic mass is 16.5. The lowest BCUT2D eigenvalue weighted by Crippen LogP contribution is -2.50. The van der Waals surface area contributed by atoms with Crippen LogP contribution in [0.3, 0.4) is 0 Å². The van der Waals surface area contributed by atoms with E-state index in [9.17, 15) is 4.79 Å². The molecule has 3 aromatic heterocycles. The minimum atomic E-state index is -0.142. The summed E-state index contributed by atoms with van der Waals surface area (Å²) in [7, 11) is 0. The van der Waals surface area contributed by atoms with E-state index in [4.69, 9.17) is 10.5 Å². The van der Waals surface area contributed by atoms with E-state index in [1.807, 2.05) is 23.0 Å². The Labute approximate surface area is 192 Å². The van der Waals surface area contributed by atoms with Crippen LogP contribution in [0, 0.1) is 0 Å². The number of piperazine rings is 1. The molecule has 0 aliphatic carbocycles. The standard InChI is InChI=1S/C22H29N9O2/c1-22(2,3)31-14-17(13-26-31)28-21(32)30-11-9-29(10-12-30)19-18(5-4-7-24-19)33-15-16-6-8-25-20(23)27-16/h4-8,13-14H,9-12,15H2,1-3H3,(H,28,32)(H2,23,25,27). The molecule has 2 amide bonds. The summed E-state index contributed by atoms with van der Waals surface area (Å²) >= 11 is 0. The zero-order chi connectivity index (χ0) is 23.4. The fraction of sp³-hybridized carbons (Fsp3) is 0.409. The molecule has 1 aliphatic rings. The van der Waals surface area contributed by atoms with Crippen LogP contribution in [0.1, 0.15) is 26.5 Å². The molecule has 4 rings (SSSR count). The molecule has 11 heteroatoms. The van der Waals surface area contributed by atoms with Gasteiger partial charge >= 0.3 is 6.03 Å². The maximum absolute atomic E-state index is 12.7. The molecule has 33 heavy (non-hydrogen) atoms. The normalized spacial score (nSPS) is 14.3. The number of nitrogens with one attached hydrogen (secondary N) is 1. The summed E-state index contributed by atoms with van der Waals surface area (Å²) in [4.78, 5) is 29.2. The van der Waals surface area contributed by atoms with E-state index < -0.39 is 0 Å². The number of carbonyl (C=O) groups is 1. The van der Waals surface area contributed by atoms with Crippen molar-refractivity contribution >= 4 is 23.5 Å². The number of hydrogen-bond donors (Lipinski definition) is 2. The number of urea groups is 1. The smallest absolute Gasteiger partial charge is 0.322 e. The van der Waals surface area contributed by atoms with Crippen molar-refractivity contribution in [1.82, 2.24) is 29.6 Å². The Balaban J connectivity index is 1.34. The van der Waals surface area contributed by atoms with Gasteiger partial charge in [-0.3, -0.25) is 4.68 Å². The van der Waals surface area contributed by atoms with Gasteiger partial charge in [0.25, 0.3) is 0 Å². The Morgan fingerprint density at radius 3 is 2.64 bits per heavy atom. The summed E-state index contributed by atoms with van der Waals surface area (Å²) < 4.78 is 7.79. The first-order valence-electron chi connectivity index (χ1n) is 10.8. The van der Waals surface area contributed by atoms with Gasteiger partial charge in [-0.25, -0.2) is 19.7 Å². The molecule has 3 N–H and O–H groups in total. The van der Waals surface area contributed by atoms with E-state index in [1.54, 1.807) is 29.6 Å². The third kappa shape index (κ3) is 5.48. The first-order valence-corrected chi connectivity index (χ1v) is 10.8. The maximum atomic E-state index is 12.7. The number of amides is 2. The first kappa shape index (κ1) is 22.3. The number of aromatic nitrogens is 5. The first-order chi connectivity index (χ1) is 15.8. The van der Waals surface area contributed by atoms with Crippen molar-refractivity contribution in [2.75, 3.05) is 42.1 Å². The van der Waals surface area contributed by atoms with Gasteiger partial charge in [-0.15, -0.1) is 0 Å². The van der Waals surface area contributed by atoms with Crippen LogP contribution in [-0.4, -0.2) is 61.8 Å². The number of carbonyl (C=O) groups excluding carboxylic acids is 1. The van der Waals surface area contributed by atoms with Gasteiger partial charge in [0.05, 0.1) is 23.1 Å². The second-order valence-electron chi connectivity index (χ2n) is 8.77. The van der Waals surface area contributed by atoms with E-state index in [0.29, 0.717) is 43.3 Å². The van der Waals surface area contributed by atoms with Gasteiger partial charge in [-0.05, 0) is 39.0 Å². The lowest BCUT2D eigenvalue weighted by Gasteiger charge is -2.35. The Hall–Kier alpha value is -3.89. The molecule has 1 fully saturated rings. The maximum Gasteiger partial charge on any atom is 0.322 e. The molecule has 0 saturated carbocycles. The van der Waals surface area contributed by atoms with Crippen molar-refractivity contribution in [2.24, 2.45) is 0 Å². The molecule has 0 spiro atoms. The van der Waals surface area contributed by atoms with Crippen LogP contribution in [0.4, 0.5) is 22.2 Å². The van der Waals surface area contributed by atoms with Crippen LogP contribution in [0.5, 0.6) is 5.75 Å². The molecule has 174 valence electrons. The van der Waals surface area contributed by atoms with E-state index in [2.05, 4.69) is 51.0 Å². The quantitative estimate of drug-likeness (QED) is 0.605. The third-order valence-corrected chi connectivity index (χ3v) is 5.25. The van der Waals surface area contributed by atoms with E-state index in [0.717, 1.165) is 5.82 Å². The highest BCUT2D eigenvalue weighted by molar-refractivity contribution is 5.89. The predicted molar refractivity (Wildman–Crippen MR) is 125 cm³/mol. The second kappa shape index (κ2) is 9.31. The summed E-state index contributed by atoms with van der Waals surface area (Å²) in [6.07, 6.45) is 6.85. The summed E-state index contributed by atoms with van der Waals surface area (Å²) in [5.74, 6) is 1.61. The average Bonchev–Trinajstić information content (AvgIpc) is 3.27. The molecular weight excluding hydrogens is 422 g/mol. The van der Waals surface area contributed by atoms with Gasteiger partial charge in [0, 0.05) is 44.8 Å². The van der Waals surface area contributed by atoms with Crippen LogP contribution >= 0.6 is 0 Å². The van der Waals surface area contributed by atoms with Gasteiger partial charge in [0.2, 0.25) is 5.95 Å². The van der Waals surface area contributed by atoms with Crippen LogP contribution in [0.2, 0.25) is 0 Å². The number of anilines is 3. The van der Waals surface area contributed by atoms with Gasteiger partial charge in [0.15, 0.2) is 11.6 Å². The van der Waals surface area contributed by atoms with Crippen LogP contribution in [0.15, 0.2) is 43.0 Å². The van der Waals surface area contributed by atoms with Crippen molar-refractivity contribution in [1.29, 1.82) is 0 Å². The minimum Gasteiger partial charge on any atom is -0.483 e. The molecule has 0 bridgehead atoms. The van der Waals surface area contributed by atoms with E-state index >= 15 is 0 Å². The molecule has 11 nitrogen and oxygen atoms in total. The van der Waals surface area contributed by atoms with Crippen molar-refractivity contribution in [3.63, 3.8) is 0 Å². The zero-order valence-corrected chi connectivity index (χ0v) is 19.1. The highest BCUT2D eigenvalue weighted by Gasteiger charge is 2.24. The number of pyridine rings is 1. The molecular formula is C22H29N9O2.